The van der Waals surface area contributed by atoms with Crippen molar-refractivity contribution in [2.24, 2.45) is 11.1 Å². The van der Waals surface area contributed by atoms with Crippen LogP contribution < -0.4 is 15.8 Å². The molecule has 1 atom stereocenters. The molecule has 0 aliphatic rings. The summed E-state index contributed by atoms with van der Waals surface area (Å²) in [7, 11) is 0. The van der Waals surface area contributed by atoms with Crippen LogP contribution in [0, 0.1) is 5.41 Å². The van der Waals surface area contributed by atoms with Crippen LogP contribution in [0.1, 0.15) is 42.4 Å². The highest BCUT2D eigenvalue weighted by Crippen LogP contribution is 2.26. The van der Waals surface area contributed by atoms with E-state index in [1.165, 1.54) is 12.4 Å². The zero-order valence-electron chi connectivity index (χ0n) is 18.9. The van der Waals surface area contributed by atoms with E-state index in [0.717, 1.165) is 11.1 Å². The molecule has 1 aromatic heterocycles. The van der Waals surface area contributed by atoms with Gasteiger partial charge in [0, 0.05) is 13.0 Å². The first-order valence-electron chi connectivity index (χ1n) is 10.6. The Morgan fingerprint density at radius 1 is 0.970 bits per heavy atom. The number of rotatable bonds is 8. The van der Waals surface area contributed by atoms with Crippen molar-refractivity contribution >= 4 is 12.0 Å². The van der Waals surface area contributed by atoms with Crippen molar-refractivity contribution in [2.75, 3.05) is 0 Å². The molecule has 0 saturated carbocycles. The summed E-state index contributed by atoms with van der Waals surface area (Å²) in [5.41, 5.74) is 7.00. The summed E-state index contributed by atoms with van der Waals surface area (Å²) in [5, 5.41) is 2.81. The van der Waals surface area contributed by atoms with Crippen LogP contribution in [-0.4, -0.2) is 28.1 Å². The molecule has 2 aromatic carbocycles. The number of nitrogens with two attached hydrogens (primary N) is 1. The van der Waals surface area contributed by atoms with Crippen LogP contribution in [0.25, 0.3) is 0 Å². The van der Waals surface area contributed by atoms with E-state index in [9.17, 15) is 9.59 Å². The van der Waals surface area contributed by atoms with E-state index in [2.05, 4.69) is 36.1 Å². The molecule has 0 saturated heterocycles. The highest BCUT2D eigenvalue weighted by atomic mass is 16.6. The highest BCUT2D eigenvalue weighted by molar-refractivity contribution is 5.90. The van der Waals surface area contributed by atoms with Crippen LogP contribution in [0.4, 0.5) is 4.79 Å². The van der Waals surface area contributed by atoms with Gasteiger partial charge in [-0.25, -0.2) is 14.8 Å². The Bertz CT molecular complexity index is 1060. The molecule has 3 aromatic rings. The van der Waals surface area contributed by atoms with Gasteiger partial charge in [0.05, 0.1) is 12.4 Å². The van der Waals surface area contributed by atoms with Crippen LogP contribution in [0.5, 0.6) is 11.6 Å². The molecule has 8 heteroatoms. The number of amides is 2. The molecule has 1 unspecified atom stereocenters. The lowest BCUT2D eigenvalue weighted by Crippen LogP contribution is -2.37. The molecular weight excluding hydrogens is 420 g/mol. The van der Waals surface area contributed by atoms with Gasteiger partial charge in [0.2, 0.25) is 5.88 Å². The quantitative estimate of drug-likeness (QED) is 0.532. The summed E-state index contributed by atoms with van der Waals surface area (Å²) in [6, 6.07) is 17.1. The Kier molecular flexibility index (Phi) is 7.61. The van der Waals surface area contributed by atoms with Crippen molar-refractivity contribution in [2.45, 2.75) is 39.8 Å². The van der Waals surface area contributed by atoms with Gasteiger partial charge in [-0.05, 0) is 28.7 Å². The van der Waals surface area contributed by atoms with E-state index in [1.54, 1.807) is 12.1 Å². The molecule has 0 spiro atoms. The van der Waals surface area contributed by atoms with Crippen LogP contribution in [0.2, 0.25) is 0 Å². The number of nitrogens with one attached hydrogen (secondary N) is 1. The monoisotopic (exact) mass is 448 g/mol. The number of carbonyl (C=O) groups is 2. The van der Waals surface area contributed by atoms with Crippen LogP contribution in [0.3, 0.4) is 0 Å². The smallest absolute Gasteiger partial charge is 0.407 e. The van der Waals surface area contributed by atoms with Gasteiger partial charge in [-0.3, -0.25) is 4.79 Å². The van der Waals surface area contributed by atoms with Crippen molar-refractivity contribution in [3.8, 4) is 11.6 Å². The topological polar surface area (TPSA) is 116 Å². The van der Waals surface area contributed by atoms with Crippen LogP contribution >= 0.6 is 0 Å². The number of ether oxygens (including phenoxy) is 2. The van der Waals surface area contributed by atoms with Gasteiger partial charge >= 0.3 is 6.09 Å². The number of benzene rings is 2. The van der Waals surface area contributed by atoms with E-state index in [-0.39, 0.29) is 23.1 Å². The predicted octanol–water partition coefficient (Wildman–Crippen LogP) is 4.25. The van der Waals surface area contributed by atoms with Crippen LogP contribution in [0.15, 0.2) is 67.0 Å². The Hall–Kier alpha value is -3.94. The molecule has 0 radical (unpaired) electrons. The zero-order chi connectivity index (χ0) is 23.8. The maximum absolute atomic E-state index is 12.4. The van der Waals surface area contributed by atoms with Crippen molar-refractivity contribution in [3.05, 3.63) is 83.8 Å². The Morgan fingerprint density at radius 2 is 1.67 bits per heavy atom. The molecule has 2 amide bonds. The Morgan fingerprint density at radius 3 is 2.24 bits per heavy atom. The molecule has 3 rings (SSSR count). The summed E-state index contributed by atoms with van der Waals surface area (Å²) in [6.45, 7) is 6.48. The van der Waals surface area contributed by atoms with Crippen molar-refractivity contribution in [1.29, 1.82) is 0 Å². The number of carbonyl (C=O) groups excluding carboxylic acids is 2. The van der Waals surface area contributed by atoms with Gasteiger partial charge in [-0.1, -0.05) is 63.2 Å². The number of nitrogens with zero attached hydrogens (tertiary/aromatic N) is 2. The lowest BCUT2D eigenvalue weighted by atomic mass is 9.85. The second kappa shape index (κ2) is 10.6. The van der Waals surface area contributed by atoms with Crippen molar-refractivity contribution in [1.82, 2.24) is 15.3 Å². The average Bonchev–Trinajstić information content (AvgIpc) is 2.79. The third-order valence-electron chi connectivity index (χ3n) is 4.94. The summed E-state index contributed by atoms with van der Waals surface area (Å²) >= 11 is 0. The van der Waals surface area contributed by atoms with E-state index < -0.39 is 12.0 Å². The first-order valence-corrected chi connectivity index (χ1v) is 10.6. The largest absolute Gasteiger partial charge is 0.445 e. The minimum absolute atomic E-state index is 0.0631. The van der Waals surface area contributed by atoms with Crippen LogP contribution in [-0.2, 0) is 17.7 Å². The summed E-state index contributed by atoms with van der Waals surface area (Å²) < 4.78 is 11.3. The molecule has 0 aliphatic heterocycles. The fourth-order valence-corrected chi connectivity index (χ4v) is 2.99. The molecule has 1 heterocycles. The number of hydrogen-bond donors (Lipinski definition) is 2. The first-order chi connectivity index (χ1) is 15.7. The predicted molar refractivity (Wildman–Crippen MR) is 124 cm³/mol. The maximum Gasteiger partial charge on any atom is 0.407 e. The number of hydrogen-bond acceptors (Lipinski definition) is 6. The average molecular weight is 449 g/mol. The van der Waals surface area contributed by atoms with Crippen molar-refractivity contribution in [3.63, 3.8) is 0 Å². The minimum atomic E-state index is -0.654. The molecule has 3 N–H and O–H groups in total. The highest BCUT2D eigenvalue weighted by Gasteiger charge is 2.28. The van der Waals surface area contributed by atoms with E-state index in [4.69, 9.17) is 15.2 Å². The Balaban J connectivity index is 1.52. The van der Waals surface area contributed by atoms with Gasteiger partial charge < -0.3 is 20.5 Å². The summed E-state index contributed by atoms with van der Waals surface area (Å²) in [4.78, 5) is 31.4. The number of primary amides is 1. The molecule has 0 bridgehead atoms. The van der Waals surface area contributed by atoms with E-state index in [1.807, 2.05) is 42.5 Å². The van der Waals surface area contributed by atoms with Gasteiger partial charge in [-0.15, -0.1) is 0 Å². The second-order valence-corrected chi connectivity index (χ2v) is 8.65. The molecule has 0 fully saturated rings. The minimum Gasteiger partial charge on any atom is -0.445 e. The lowest BCUT2D eigenvalue weighted by molar-refractivity contribution is 0.0316. The molecule has 172 valence electrons. The third-order valence-corrected chi connectivity index (χ3v) is 4.94. The molecular formula is C25H28N4O4. The van der Waals surface area contributed by atoms with E-state index in [0.29, 0.717) is 18.7 Å². The fourth-order valence-electron chi connectivity index (χ4n) is 2.99. The fraction of sp³-hybridized carbons (Fsp3) is 0.280. The molecule has 8 nitrogen and oxygen atoms in total. The summed E-state index contributed by atoms with van der Waals surface area (Å²) in [6.07, 6.45) is 2.50. The maximum atomic E-state index is 12.4. The summed E-state index contributed by atoms with van der Waals surface area (Å²) in [5.74, 6) is 0.123. The number of aromatic nitrogens is 2. The Labute approximate surface area is 193 Å². The van der Waals surface area contributed by atoms with Crippen molar-refractivity contribution < 1.29 is 19.1 Å². The SMILES string of the molecule is CC(C)(C)C(Cc1ccccc1)OC(=O)NCc1ccc(Oc2cnc(C(N)=O)cn2)cc1. The normalized spacial score (nSPS) is 12.0. The third kappa shape index (κ3) is 7.31. The van der Waals surface area contributed by atoms with Gasteiger partial charge in [-0.2, -0.15) is 0 Å². The second-order valence-electron chi connectivity index (χ2n) is 8.65. The first kappa shape index (κ1) is 23.7. The lowest BCUT2D eigenvalue weighted by Gasteiger charge is -2.30. The van der Waals surface area contributed by atoms with E-state index >= 15 is 0 Å². The van der Waals surface area contributed by atoms with Gasteiger partial charge in [0.25, 0.3) is 5.91 Å². The molecule has 33 heavy (non-hydrogen) atoms. The standard InChI is InChI=1S/C25H28N4O4/c1-25(2,3)21(13-17-7-5-4-6-8-17)33-24(31)29-14-18-9-11-19(12-10-18)32-22-16-27-20(15-28-22)23(26)30/h4-12,15-16,21H,13-14H2,1-3H3,(H2,26,30)(H,29,31). The number of alkyl carbamates (subject to hydrolysis) is 1. The molecule has 0 aliphatic carbocycles. The zero-order valence-corrected chi connectivity index (χ0v) is 18.9. The van der Waals surface area contributed by atoms with Gasteiger partial charge in [0.15, 0.2) is 0 Å². The van der Waals surface area contributed by atoms with Gasteiger partial charge in [0.1, 0.15) is 17.5 Å².